The van der Waals surface area contributed by atoms with E-state index in [1.807, 2.05) is 6.07 Å². The highest BCUT2D eigenvalue weighted by Crippen LogP contribution is 2.32. The van der Waals surface area contributed by atoms with Gasteiger partial charge in [-0.25, -0.2) is 4.79 Å². The van der Waals surface area contributed by atoms with Crippen LogP contribution in [-0.2, 0) is 17.6 Å². The first-order valence-corrected chi connectivity index (χ1v) is 8.06. The van der Waals surface area contributed by atoms with E-state index in [4.69, 9.17) is 9.84 Å². The fraction of sp³-hybridized carbons (Fsp3) is 0.611. The highest BCUT2D eigenvalue weighted by Gasteiger charge is 2.16. The predicted octanol–water partition coefficient (Wildman–Crippen LogP) is 4.21. The molecule has 3 heteroatoms. The Morgan fingerprint density at radius 1 is 1.05 bits per heavy atom. The predicted molar refractivity (Wildman–Crippen MR) is 84.2 cm³/mol. The van der Waals surface area contributed by atoms with Crippen LogP contribution in [0.15, 0.2) is 6.07 Å². The third kappa shape index (κ3) is 4.23. The van der Waals surface area contributed by atoms with Gasteiger partial charge < -0.3 is 9.84 Å². The molecule has 1 aliphatic rings. The van der Waals surface area contributed by atoms with Crippen molar-refractivity contribution in [2.45, 2.75) is 65.2 Å². The van der Waals surface area contributed by atoms with E-state index in [0.29, 0.717) is 0 Å². The zero-order valence-corrected chi connectivity index (χ0v) is 13.2. The molecule has 0 aliphatic heterocycles. The summed E-state index contributed by atoms with van der Waals surface area (Å²) in [5, 5.41) is 8.86. The molecule has 0 saturated heterocycles. The Bertz CT molecular complexity index is 506. The van der Waals surface area contributed by atoms with Gasteiger partial charge in [-0.1, -0.05) is 25.7 Å². The maximum atomic E-state index is 10.8. The van der Waals surface area contributed by atoms with Gasteiger partial charge in [-0.2, -0.15) is 0 Å². The highest BCUT2D eigenvalue weighted by molar-refractivity contribution is 5.68. The monoisotopic (exact) mass is 290 g/mol. The largest absolute Gasteiger partial charge is 0.482 e. The molecule has 0 fully saturated rings. The molecule has 1 aliphatic carbocycles. The van der Waals surface area contributed by atoms with Crippen molar-refractivity contribution in [1.82, 2.24) is 0 Å². The van der Waals surface area contributed by atoms with Gasteiger partial charge >= 0.3 is 5.97 Å². The van der Waals surface area contributed by atoms with E-state index in [0.717, 1.165) is 18.6 Å². The van der Waals surface area contributed by atoms with E-state index in [-0.39, 0.29) is 6.61 Å². The summed E-state index contributed by atoms with van der Waals surface area (Å²) in [6, 6.07) is 2.02. The first-order chi connectivity index (χ1) is 10.1. The van der Waals surface area contributed by atoms with E-state index < -0.39 is 5.97 Å². The van der Waals surface area contributed by atoms with Crippen LogP contribution < -0.4 is 4.74 Å². The van der Waals surface area contributed by atoms with Gasteiger partial charge in [-0.15, -0.1) is 0 Å². The number of ether oxygens (including phenoxy) is 1. The molecule has 0 saturated carbocycles. The summed E-state index contributed by atoms with van der Waals surface area (Å²) in [4.78, 5) is 10.8. The van der Waals surface area contributed by atoms with E-state index in [1.165, 1.54) is 60.8 Å². The second-order valence-electron chi connectivity index (χ2n) is 6.08. The lowest BCUT2D eigenvalue weighted by atomic mass is 9.88. The van der Waals surface area contributed by atoms with Crippen molar-refractivity contribution in [2.24, 2.45) is 0 Å². The first kappa shape index (κ1) is 15.9. The molecule has 21 heavy (non-hydrogen) atoms. The van der Waals surface area contributed by atoms with E-state index >= 15 is 0 Å². The number of carboxylic acids is 1. The molecule has 0 amide bonds. The van der Waals surface area contributed by atoms with E-state index in [2.05, 4.69) is 13.8 Å². The minimum Gasteiger partial charge on any atom is -0.482 e. The maximum Gasteiger partial charge on any atom is 0.341 e. The Labute approximate surface area is 127 Å². The number of benzene rings is 1. The quantitative estimate of drug-likeness (QED) is 0.907. The van der Waals surface area contributed by atoms with Crippen LogP contribution >= 0.6 is 0 Å². The van der Waals surface area contributed by atoms with Crippen LogP contribution in [0.3, 0.4) is 0 Å². The van der Waals surface area contributed by atoms with E-state index in [9.17, 15) is 4.79 Å². The summed E-state index contributed by atoms with van der Waals surface area (Å²) in [6.07, 6.45) is 9.67. The second-order valence-corrected chi connectivity index (χ2v) is 6.08. The number of hydrogen-bond donors (Lipinski definition) is 1. The average Bonchev–Trinajstić information content (AvgIpc) is 2.46. The lowest BCUT2D eigenvalue weighted by Gasteiger charge is -2.20. The van der Waals surface area contributed by atoms with Gasteiger partial charge in [0, 0.05) is 0 Å². The minimum atomic E-state index is -0.915. The van der Waals surface area contributed by atoms with E-state index in [1.54, 1.807) is 0 Å². The molecular weight excluding hydrogens is 264 g/mol. The fourth-order valence-electron chi connectivity index (χ4n) is 3.20. The highest BCUT2D eigenvalue weighted by atomic mass is 16.5. The van der Waals surface area contributed by atoms with Gasteiger partial charge in [0.1, 0.15) is 5.75 Å². The Hall–Kier alpha value is -1.51. The van der Waals surface area contributed by atoms with Gasteiger partial charge in [0.05, 0.1) is 0 Å². The molecule has 0 heterocycles. The molecular formula is C18H26O3. The summed E-state index contributed by atoms with van der Waals surface area (Å²) in [7, 11) is 0. The number of hydrogen-bond acceptors (Lipinski definition) is 2. The normalized spacial score (nSPS) is 16.1. The summed E-state index contributed by atoms with van der Waals surface area (Å²) >= 11 is 0. The number of aliphatic carboxylic acids is 1. The van der Waals surface area contributed by atoms with Gasteiger partial charge in [-0.05, 0) is 67.9 Å². The molecule has 2 rings (SSSR count). The van der Waals surface area contributed by atoms with Crippen molar-refractivity contribution in [3.63, 3.8) is 0 Å². The molecule has 0 atom stereocenters. The number of carbonyl (C=O) groups is 1. The van der Waals surface area contributed by atoms with Crippen molar-refractivity contribution in [3.8, 4) is 5.75 Å². The summed E-state index contributed by atoms with van der Waals surface area (Å²) in [6.45, 7) is 4.01. The standard InChI is InChI=1S/C18H26O3/c1-13-11-17(21-12-18(19)20)16-10-8-6-4-3-5-7-9-15(16)14(13)2/h11H,3-10,12H2,1-2H3,(H,19,20). The molecule has 1 aromatic carbocycles. The smallest absolute Gasteiger partial charge is 0.341 e. The molecule has 0 unspecified atom stereocenters. The third-order valence-electron chi connectivity index (χ3n) is 4.51. The van der Waals surface area contributed by atoms with Crippen LogP contribution in [0, 0.1) is 13.8 Å². The fourth-order valence-corrected chi connectivity index (χ4v) is 3.20. The van der Waals surface area contributed by atoms with Crippen LogP contribution in [0.5, 0.6) is 5.75 Å². The van der Waals surface area contributed by atoms with Crippen LogP contribution in [0.1, 0.15) is 60.8 Å². The molecule has 0 radical (unpaired) electrons. The molecule has 0 aromatic heterocycles. The average molecular weight is 290 g/mol. The number of fused-ring (bicyclic) bond motifs is 1. The molecule has 1 aromatic rings. The van der Waals surface area contributed by atoms with Gasteiger partial charge in [0.25, 0.3) is 0 Å². The van der Waals surface area contributed by atoms with Gasteiger partial charge in [0.15, 0.2) is 6.61 Å². The number of aryl methyl sites for hydroxylation is 1. The van der Waals surface area contributed by atoms with Crippen LogP contribution in [-0.4, -0.2) is 17.7 Å². The molecule has 0 spiro atoms. The molecule has 1 N–H and O–H groups in total. The lowest BCUT2D eigenvalue weighted by Crippen LogP contribution is -2.13. The Balaban J connectivity index is 2.35. The number of carboxylic acid groups (broad SMARTS) is 1. The van der Waals surface area contributed by atoms with Crippen LogP contribution in [0.2, 0.25) is 0 Å². The zero-order chi connectivity index (χ0) is 15.2. The Kier molecular flexibility index (Phi) is 5.66. The lowest BCUT2D eigenvalue weighted by molar-refractivity contribution is -0.139. The van der Waals surface area contributed by atoms with Crippen LogP contribution in [0.25, 0.3) is 0 Å². The van der Waals surface area contributed by atoms with Crippen molar-refractivity contribution < 1.29 is 14.6 Å². The SMILES string of the molecule is Cc1cc(OCC(=O)O)c2c(c1C)CCCCCCCC2. The van der Waals surface area contributed by atoms with Crippen molar-refractivity contribution in [3.05, 3.63) is 28.3 Å². The summed E-state index contributed by atoms with van der Waals surface area (Å²) in [5.74, 6) is -0.127. The molecule has 3 nitrogen and oxygen atoms in total. The van der Waals surface area contributed by atoms with Crippen molar-refractivity contribution in [1.29, 1.82) is 0 Å². The Morgan fingerprint density at radius 3 is 2.24 bits per heavy atom. The van der Waals surface area contributed by atoms with Gasteiger partial charge in [-0.3, -0.25) is 0 Å². The zero-order valence-electron chi connectivity index (χ0n) is 13.2. The molecule has 0 bridgehead atoms. The summed E-state index contributed by atoms with van der Waals surface area (Å²) in [5.41, 5.74) is 5.21. The van der Waals surface area contributed by atoms with Gasteiger partial charge in [0.2, 0.25) is 0 Å². The first-order valence-electron chi connectivity index (χ1n) is 8.06. The van der Waals surface area contributed by atoms with Crippen molar-refractivity contribution in [2.75, 3.05) is 6.61 Å². The van der Waals surface area contributed by atoms with Crippen molar-refractivity contribution >= 4 is 5.97 Å². The topological polar surface area (TPSA) is 46.5 Å². The Morgan fingerprint density at radius 2 is 1.62 bits per heavy atom. The summed E-state index contributed by atoms with van der Waals surface area (Å²) < 4.78 is 5.57. The minimum absolute atomic E-state index is 0.255. The van der Waals surface area contributed by atoms with Crippen LogP contribution in [0.4, 0.5) is 0 Å². The number of rotatable bonds is 3. The second kappa shape index (κ2) is 7.48. The third-order valence-corrected chi connectivity index (χ3v) is 4.51. The maximum absolute atomic E-state index is 10.8. The molecule has 116 valence electrons.